The zero-order valence-corrected chi connectivity index (χ0v) is 8.38. The number of thioether (sulfide) groups is 1. The summed E-state index contributed by atoms with van der Waals surface area (Å²) in [6.45, 7) is 0. The van der Waals surface area contributed by atoms with Gasteiger partial charge in [0, 0.05) is 11.7 Å². The Bertz CT molecular complexity index is 333. The molecule has 1 aromatic heterocycles. The molecule has 14 heavy (non-hydrogen) atoms. The number of hydrogen-bond acceptors (Lipinski definition) is 4. The van der Waals surface area contributed by atoms with Gasteiger partial charge in [-0.3, -0.25) is 5.10 Å². The maximum Gasteiger partial charge on any atom is 0.375 e. The third-order valence-corrected chi connectivity index (χ3v) is 3.46. The summed E-state index contributed by atoms with van der Waals surface area (Å²) in [7, 11) is 0. The van der Waals surface area contributed by atoms with Gasteiger partial charge < -0.3 is 5.11 Å². The molecule has 1 atom stereocenters. The number of carboxylic acid groups (broad SMARTS) is 1. The summed E-state index contributed by atoms with van der Waals surface area (Å²) in [4.78, 5) is 14.5. The molecule has 5 nitrogen and oxygen atoms in total. The number of aromatic amines is 1. The minimum Gasteiger partial charge on any atom is -0.475 e. The lowest BCUT2D eigenvalue weighted by Crippen LogP contribution is -2.10. The van der Waals surface area contributed by atoms with Crippen LogP contribution in [0.4, 0.5) is 0 Å². The molecule has 0 radical (unpaired) electrons. The standard InChI is InChI=1S/C8H11N3O2S/c12-8(13)7-9-6(10-11-7)5-2-1-3-14-4-5/h5H,1-4H2,(H,12,13)(H,9,10,11). The Morgan fingerprint density at radius 3 is 3.07 bits per heavy atom. The van der Waals surface area contributed by atoms with Crippen LogP contribution in [0.5, 0.6) is 0 Å². The highest BCUT2D eigenvalue weighted by molar-refractivity contribution is 7.99. The molecule has 1 saturated heterocycles. The Kier molecular flexibility index (Phi) is 2.72. The summed E-state index contributed by atoms with van der Waals surface area (Å²) < 4.78 is 0. The van der Waals surface area contributed by atoms with Gasteiger partial charge in [-0.15, -0.1) is 5.10 Å². The van der Waals surface area contributed by atoms with Gasteiger partial charge in [0.2, 0.25) is 0 Å². The molecular formula is C8H11N3O2S. The van der Waals surface area contributed by atoms with Crippen molar-refractivity contribution in [1.82, 2.24) is 15.2 Å². The first kappa shape index (κ1) is 9.51. The molecule has 1 fully saturated rings. The van der Waals surface area contributed by atoms with Crippen molar-refractivity contribution in [2.24, 2.45) is 0 Å². The lowest BCUT2D eigenvalue weighted by Gasteiger charge is -2.18. The predicted octanol–water partition coefficient (Wildman–Crippen LogP) is 1.11. The number of rotatable bonds is 2. The predicted molar refractivity (Wildman–Crippen MR) is 52.6 cm³/mol. The fourth-order valence-electron chi connectivity index (χ4n) is 1.51. The van der Waals surface area contributed by atoms with Crippen molar-refractivity contribution in [2.75, 3.05) is 11.5 Å². The molecule has 0 spiro atoms. The van der Waals surface area contributed by atoms with E-state index in [1.54, 1.807) is 0 Å². The van der Waals surface area contributed by atoms with Crippen LogP contribution < -0.4 is 0 Å². The molecule has 0 bridgehead atoms. The largest absolute Gasteiger partial charge is 0.475 e. The van der Waals surface area contributed by atoms with E-state index in [2.05, 4.69) is 15.2 Å². The van der Waals surface area contributed by atoms with Gasteiger partial charge in [0.05, 0.1) is 0 Å². The molecule has 0 aromatic carbocycles. The third-order valence-electron chi connectivity index (χ3n) is 2.24. The Hall–Kier alpha value is -1.04. The van der Waals surface area contributed by atoms with Crippen molar-refractivity contribution in [2.45, 2.75) is 18.8 Å². The van der Waals surface area contributed by atoms with E-state index < -0.39 is 5.97 Å². The average molecular weight is 213 g/mol. The van der Waals surface area contributed by atoms with E-state index >= 15 is 0 Å². The number of nitrogens with zero attached hydrogens (tertiary/aromatic N) is 2. The van der Waals surface area contributed by atoms with E-state index in [4.69, 9.17) is 5.11 Å². The molecule has 2 rings (SSSR count). The molecule has 1 aliphatic heterocycles. The van der Waals surface area contributed by atoms with Gasteiger partial charge in [0.25, 0.3) is 5.82 Å². The Labute approximate surface area is 85.3 Å². The molecule has 0 aliphatic carbocycles. The molecule has 1 unspecified atom stereocenters. The zero-order valence-electron chi connectivity index (χ0n) is 7.56. The fraction of sp³-hybridized carbons (Fsp3) is 0.625. The molecule has 2 heterocycles. The third kappa shape index (κ3) is 1.89. The second kappa shape index (κ2) is 4.00. The van der Waals surface area contributed by atoms with Gasteiger partial charge in [-0.25, -0.2) is 9.78 Å². The first-order valence-electron chi connectivity index (χ1n) is 4.50. The SMILES string of the molecule is O=C(O)c1n[nH]c(C2CCCSC2)n1. The fourth-order valence-corrected chi connectivity index (χ4v) is 2.66. The highest BCUT2D eigenvalue weighted by Gasteiger charge is 2.20. The Balaban J connectivity index is 2.11. The second-order valence-electron chi connectivity index (χ2n) is 3.26. The minimum atomic E-state index is -1.07. The number of carboxylic acids is 1. The van der Waals surface area contributed by atoms with E-state index in [-0.39, 0.29) is 5.82 Å². The van der Waals surface area contributed by atoms with Crippen LogP contribution in [0, 0.1) is 0 Å². The zero-order chi connectivity index (χ0) is 9.97. The smallest absolute Gasteiger partial charge is 0.375 e. The highest BCUT2D eigenvalue weighted by Crippen LogP contribution is 2.28. The summed E-state index contributed by atoms with van der Waals surface area (Å²) in [5.74, 6) is 2.06. The number of hydrogen-bond donors (Lipinski definition) is 2. The molecular weight excluding hydrogens is 202 g/mol. The van der Waals surface area contributed by atoms with Crippen LogP contribution in [0.25, 0.3) is 0 Å². The van der Waals surface area contributed by atoms with Gasteiger partial charge in [-0.2, -0.15) is 11.8 Å². The normalized spacial score (nSPS) is 22.1. The lowest BCUT2D eigenvalue weighted by molar-refractivity contribution is 0.0684. The van der Waals surface area contributed by atoms with Crippen LogP contribution in [0.2, 0.25) is 0 Å². The maximum absolute atomic E-state index is 10.5. The monoisotopic (exact) mass is 213 g/mol. The van der Waals surface area contributed by atoms with E-state index in [1.165, 1.54) is 12.2 Å². The van der Waals surface area contributed by atoms with Crippen molar-refractivity contribution >= 4 is 17.7 Å². The first-order chi connectivity index (χ1) is 6.77. The lowest BCUT2D eigenvalue weighted by atomic mass is 10.1. The molecule has 2 N–H and O–H groups in total. The number of aromatic nitrogens is 3. The van der Waals surface area contributed by atoms with Gasteiger partial charge >= 0.3 is 5.97 Å². The maximum atomic E-state index is 10.5. The Morgan fingerprint density at radius 2 is 2.50 bits per heavy atom. The molecule has 6 heteroatoms. The molecule has 0 amide bonds. The van der Waals surface area contributed by atoms with Crippen molar-refractivity contribution in [3.8, 4) is 0 Å². The van der Waals surface area contributed by atoms with Gasteiger partial charge in [-0.1, -0.05) is 0 Å². The van der Waals surface area contributed by atoms with Crippen LogP contribution in [-0.4, -0.2) is 37.8 Å². The van der Waals surface area contributed by atoms with E-state index in [9.17, 15) is 4.79 Å². The van der Waals surface area contributed by atoms with Crippen molar-refractivity contribution in [3.63, 3.8) is 0 Å². The van der Waals surface area contributed by atoms with Crippen LogP contribution in [-0.2, 0) is 0 Å². The van der Waals surface area contributed by atoms with Crippen molar-refractivity contribution < 1.29 is 9.90 Å². The van der Waals surface area contributed by atoms with Gasteiger partial charge in [-0.05, 0) is 18.6 Å². The number of aromatic carboxylic acids is 1. The van der Waals surface area contributed by atoms with Crippen LogP contribution >= 0.6 is 11.8 Å². The van der Waals surface area contributed by atoms with E-state index in [0.717, 1.165) is 18.0 Å². The molecule has 1 aromatic rings. The van der Waals surface area contributed by atoms with E-state index in [1.807, 2.05) is 11.8 Å². The first-order valence-corrected chi connectivity index (χ1v) is 5.66. The van der Waals surface area contributed by atoms with Crippen molar-refractivity contribution in [3.05, 3.63) is 11.6 Å². The molecule has 76 valence electrons. The molecule has 0 saturated carbocycles. The summed E-state index contributed by atoms with van der Waals surface area (Å²) in [5.41, 5.74) is 0. The summed E-state index contributed by atoms with van der Waals surface area (Å²) in [6, 6.07) is 0. The number of carbonyl (C=O) groups is 1. The van der Waals surface area contributed by atoms with Crippen molar-refractivity contribution in [1.29, 1.82) is 0 Å². The van der Waals surface area contributed by atoms with Gasteiger partial charge in [0.15, 0.2) is 0 Å². The van der Waals surface area contributed by atoms with Crippen LogP contribution in [0.1, 0.15) is 35.2 Å². The average Bonchev–Trinajstić information content (AvgIpc) is 2.68. The number of H-pyrrole nitrogens is 1. The summed E-state index contributed by atoms with van der Waals surface area (Å²) in [5, 5.41) is 15.0. The summed E-state index contributed by atoms with van der Waals surface area (Å²) >= 11 is 1.88. The second-order valence-corrected chi connectivity index (χ2v) is 4.41. The number of nitrogens with one attached hydrogen (secondary N) is 1. The quantitative estimate of drug-likeness (QED) is 0.769. The van der Waals surface area contributed by atoms with Crippen LogP contribution in [0.15, 0.2) is 0 Å². The van der Waals surface area contributed by atoms with Gasteiger partial charge in [0.1, 0.15) is 5.82 Å². The molecule has 1 aliphatic rings. The summed E-state index contributed by atoms with van der Waals surface area (Å²) in [6.07, 6.45) is 2.24. The van der Waals surface area contributed by atoms with Crippen LogP contribution in [0.3, 0.4) is 0 Å². The van der Waals surface area contributed by atoms with E-state index in [0.29, 0.717) is 5.92 Å². The highest BCUT2D eigenvalue weighted by atomic mass is 32.2. The Morgan fingerprint density at radius 1 is 1.64 bits per heavy atom. The minimum absolute atomic E-state index is 0.129. The topological polar surface area (TPSA) is 78.9 Å².